The van der Waals surface area contributed by atoms with Crippen LogP contribution in [0.2, 0.25) is 18.1 Å². The summed E-state index contributed by atoms with van der Waals surface area (Å²) in [6.45, 7) is 15.9. The molecule has 1 rings (SSSR count). The second-order valence-electron chi connectivity index (χ2n) is 8.69. The molecule has 7 nitrogen and oxygen atoms in total. The van der Waals surface area contributed by atoms with Gasteiger partial charge in [-0.2, -0.15) is 0 Å². The van der Waals surface area contributed by atoms with Gasteiger partial charge in [0.25, 0.3) is 0 Å². The summed E-state index contributed by atoms with van der Waals surface area (Å²) < 4.78 is 9.36. The number of allylic oxidation sites excluding steroid dienone is 2. The Morgan fingerprint density at radius 1 is 0.781 bits per heavy atom. The molecule has 32 heavy (non-hydrogen) atoms. The van der Waals surface area contributed by atoms with Gasteiger partial charge in [-0.15, -0.1) is 13.2 Å². The lowest BCUT2D eigenvalue weighted by Gasteiger charge is -2.37. The molecule has 0 amide bonds. The molecule has 0 aliphatic heterocycles. The van der Waals surface area contributed by atoms with E-state index in [-0.39, 0.29) is 25.5 Å². The number of hydrogen-bond acceptors (Lipinski definition) is 4. The molecular weight excluding hydrogens is 422 g/mol. The molecule has 1 atom stereocenters. The van der Waals surface area contributed by atoms with Gasteiger partial charge in [-0.1, -0.05) is 89.6 Å². The number of rotatable bonds is 17. The van der Waals surface area contributed by atoms with E-state index in [1.807, 2.05) is 0 Å². The largest absolute Gasteiger partial charge is 0.361 e. The third-order valence-electron chi connectivity index (χ3n) is 6.41. The van der Waals surface area contributed by atoms with Gasteiger partial charge in [0.2, 0.25) is 0 Å². The van der Waals surface area contributed by atoms with Gasteiger partial charge < -0.3 is 4.74 Å². The molecule has 0 saturated heterocycles. The van der Waals surface area contributed by atoms with Crippen LogP contribution in [0.15, 0.2) is 39.7 Å². The van der Waals surface area contributed by atoms with Crippen molar-refractivity contribution in [2.75, 3.05) is 0 Å². The zero-order chi connectivity index (χ0) is 24.1. The van der Waals surface area contributed by atoms with Gasteiger partial charge in [-0.05, 0) is 6.92 Å². The molecule has 8 heteroatoms. The SMILES string of the molecule is C=CCn1c(=O)n(CC=C)c(=O)n(COC(C)[Si](CCCC)(CCCC)CCCC)c1=O. The van der Waals surface area contributed by atoms with Gasteiger partial charge in [0.05, 0.1) is 21.2 Å². The van der Waals surface area contributed by atoms with Crippen LogP contribution in [0.3, 0.4) is 0 Å². The molecule has 0 saturated carbocycles. The van der Waals surface area contributed by atoms with E-state index < -0.39 is 25.1 Å². The fraction of sp³-hybridized carbons (Fsp3) is 0.708. The summed E-state index contributed by atoms with van der Waals surface area (Å²) in [7, 11) is -1.77. The van der Waals surface area contributed by atoms with Crippen LogP contribution in [0.1, 0.15) is 66.2 Å². The number of hydrogen-bond donors (Lipinski definition) is 0. The van der Waals surface area contributed by atoms with Crippen molar-refractivity contribution in [2.45, 2.75) is 110 Å². The Morgan fingerprint density at radius 2 is 1.16 bits per heavy atom. The molecule has 0 N–H and O–H groups in total. The van der Waals surface area contributed by atoms with Gasteiger partial charge in [0.1, 0.15) is 6.73 Å². The fourth-order valence-corrected chi connectivity index (χ4v) is 9.87. The highest BCUT2D eigenvalue weighted by atomic mass is 28.3. The second kappa shape index (κ2) is 14.3. The molecule has 0 fully saturated rings. The highest BCUT2D eigenvalue weighted by Crippen LogP contribution is 2.33. The molecule has 0 bridgehead atoms. The highest BCUT2D eigenvalue weighted by Gasteiger charge is 2.38. The Morgan fingerprint density at radius 3 is 1.50 bits per heavy atom. The number of unbranched alkanes of at least 4 members (excludes halogenated alkanes) is 3. The van der Waals surface area contributed by atoms with Crippen LogP contribution in [0, 0.1) is 0 Å². The van der Waals surface area contributed by atoms with E-state index in [2.05, 4.69) is 40.9 Å². The molecule has 1 heterocycles. The van der Waals surface area contributed by atoms with E-state index in [1.165, 1.54) is 49.5 Å². The topological polar surface area (TPSA) is 75.2 Å². The second-order valence-corrected chi connectivity index (χ2v) is 13.7. The van der Waals surface area contributed by atoms with Gasteiger partial charge in [-0.3, -0.25) is 0 Å². The zero-order valence-electron chi connectivity index (χ0n) is 20.6. The lowest BCUT2D eigenvalue weighted by molar-refractivity contribution is 0.0465. The Hall–Kier alpha value is -1.93. The van der Waals surface area contributed by atoms with E-state index in [4.69, 9.17) is 4.74 Å². The van der Waals surface area contributed by atoms with Crippen LogP contribution in [-0.4, -0.2) is 27.5 Å². The normalized spacial score (nSPS) is 12.6. The maximum atomic E-state index is 12.9. The van der Waals surface area contributed by atoms with Crippen molar-refractivity contribution >= 4 is 8.07 Å². The molecule has 0 radical (unpaired) electrons. The van der Waals surface area contributed by atoms with Crippen molar-refractivity contribution in [1.82, 2.24) is 13.7 Å². The van der Waals surface area contributed by atoms with Crippen LogP contribution in [0.25, 0.3) is 0 Å². The minimum atomic E-state index is -1.77. The Kier molecular flexibility index (Phi) is 12.5. The van der Waals surface area contributed by atoms with Gasteiger partial charge >= 0.3 is 17.1 Å². The first-order valence-corrected chi connectivity index (χ1v) is 14.8. The average molecular weight is 466 g/mol. The van der Waals surface area contributed by atoms with Gasteiger partial charge in [0, 0.05) is 5.73 Å². The van der Waals surface area contributed by atoms with Crippen molar-refractivity contribution in [3.05, 3.63) is 56.8 Å². The summed E-state index contributed by atoms with van der Waals surface area (Å²) >= 11 is 0. The van der Waals surface area contributed by atoms with Gasteiger partial charge in [0.15, 0.2) is 0 Å². The number of ether oxygens (including phenoxy) is 1. The molecule has 0 aromatic carbocycles. The molecule has 1 aromatic heterocycles. The first-order chi connectivity index (χ1) is 15.3. The van der Waals surface area contributed by atoms with E-state index in [1.54, 1.807) is 0 Å². The quantitative estimate of drug-likeness (QED) is 0.254. The van der Waals surface area contributed by atoms with E-state index in [0.717, 1.165) is 33.0 Å². The predicted octanol–water partition coefficient (Wildman–Crippen LogP) is 4.29. The number of aromatic nitrogens is 3. The van der Waals surface area contributed by atoms with Crippen molar-refractivity contribution in [3.63, 3.8) is 0 Å². The van der Waals surface area contributed by atoms with Crippen molar-refractivity contribution < 1.29 is 4.74 Å². The van der Waals surface area contributed by atoms with E-state index >= 15 is 0 Å². The first-order valence-electron chi connectivity index (χ1n) is 12.1. The molecular formula is C24H43N3O4Si. The fourth-order valence-electron chi connectivity index (χ4n) is 4.30. The summed E-state index contributed by atoms with van der Waals surface area (Å²) in [5, 5.41) is 0. The van der Waals surface area contributed by atoms with Crippen LogP contribution < -0.4 is 17.1 Å². The van der Waals surface area contributed by atoms with Gasteiger partial charge in [-0.25, -0.2) is 28.1 Å². The molecule has 0 aliphatic carbocycles. The first kappa shape index (κ1) is 28.1. The van der Waals surface area contributed by atoms with Crippen LogP contribution in [0.5, 0.6) is 0 Å². The third-order valence-corrected chi connectivity index (χ3v) is 12.3. The third kappa shape index (κ3) is 7.03. The monoisotopic (exact) mass is 465 g/mol. The van der Waals surface area contributed by atoms with E-state index in [0.29, 0.717) is 0 Å². The maximum Gasteiger partial charge on any atom is 0.338 e. The maximum absolute atomic E-state index is 12.9. The van der Waals surface area contributed by atoms with Crippen molar-refractivity contribution in [1.29, 1.82) is 0 Å². The Bertz CT molecular complexity index is 830. The summed E-state index contributed by atoms with van der Waals surface area (Å²) in [4.78, 5) is 38.4. The summed E-state index contributed by atoms with van der Waals surface area (Å²) in [6.07, 6.45) is 9.94. The lowest BCUT2D eigenvalue weighted by atomic mass is 10.4. The Balaban J connectivity index is 3.33. The molecule has 1 aromatic rings. The lowest BCUT2D eigenvalue weighted by Crippen LogP contribution is -2.55. The summed E-state index contributed by atoms with van der Waals surface area (Å²) in [5.74, 6) is 0. The standard InChI is InChI=1S/C24H43N3O4Si/c1-7-12-17-32(18-13-8-2,19-14-9-3)21(6)31-20-27-23(29)25(15-10-4)22(28)26(16-11-5)24(27)30/h10-11,21H,4-5,7-9,12-20H2,1-3,6H3. The number of nitrogens with zero attached hydrogens (tertiary/aromatic N) is 3. The molecule has 0 aliphatic rings. The van der Waals surface area contributed by atoms with Crippen LogP contribution >= 0.6 is 0 Å². The smallest absolute Gasteiger partial charge is 0.338 e. The minimum Gasteiger partial charge on any atom is -0.361 e. The van der Waals surface area contributed by atoms with Crippen LogP contribution in [0.4, 0.5) is 0 Å². The Labute approximate surface area is 193 Å². The molecule has 0 spiro atoms. The van der Waals surface area contributed by atoms with Crippen molar-refractivity contribution in [3.8, 4) is 0 Å². The molecule has 1 unspecified atom stereocenters. The highest BCUT2D eigenvalue weighted by molar-refractivity contribution is 6.81. The summed E-state index contributed by atoms with van der Waals surface area (Å²) in [5.41, 5.74) is -1.95. The van der Waals surface area contributed by atoms with Crippen LogP contribution in [-0.2, 0) is 24.6 Å². The zero-order valence-corrected chi connectivity index (χ0v) is 21.6. The summed E-state index contributed by atoms with van der Waals surface area (Å²) in [6, 6.07) is 3.61. The van der Waals surface area contributed by atoms with E-state index in [9.17, 15) is 14.4 Å². The minimum absolute atomic E-state index is 0.0195. The predicted molar refractivity (Wildman–Crippen MR) is 135 cm³/mol. The average Bonchev–Trinajstić information content (AvgIpc) is 2.79. The van der Waals surface area contributed by atoms with Crippen molar-refractivity contribution in [2.24, 2.45) is 0 Å². The molecule has 182 valence electrons.